The Morgan fingerprint density at radius 2 is 1.34 bits per heavy atom. The lowest BCUT2D eigenvalue weighted by atomic mass is 9.79. The van der Waals surface area contributed by atoms with Crippen LogP contribution in [0.4, 0.5) is 0 Å². The highest BCUT2D eigenvalue weighted by atomic mass is 16.5. The van der Waals surface area contributed by atoms with Gasteiger partial charge in [-0.2, -0.15) is 5.10 Å². The van der Waals surface area contributed by atoms with E-state index in [1.54, 1.807) is 32.4 Å². The first kappa shape index (κ1) is 26.9. The number of para-hydroxylation sites is 1. The van der Waals surface area contributed by atoms with Crippen molar-refractivity contribution < 1.29 is 19.1 Å². The molecule has 0 aliphatic carbocycles. The number of carbonyl (C=O) groups excluding carboxylic acids is 2. The second kappa shape index (κ2) is 11.1. The van der Waals surface area contributed by atoms with Gasteiger partial charge in [0.1, 0.15) is 0 Å². The maximum Gasteiger partial charge on any atom is 0.337 e. The maximum absolute atomic E-state index is 13.5. The molecule has 0 saturated heterocycles. The summed E-state index contributed by atoms with van der Waals surface area (Å²) in [6.07, 6.45) is 1.24. The number of benzene rings is 2. The third kappa shape index (κ3) is 5.57. The van der Waals surface area contributed by atoms with Crippen molar-refractivity contribution in [3.8, 4) is 16.9 Å². The van der Waals surface area contributed by atoms with Crippen LogP contribution in [0, 0.1) is 6.92 Å². The Hall–Kier alpha value is -4.13. The van der Waals surface area contributed by atoms with E-state index in [1.165, 1.54) is 0 Å². The molecule has 7 heteroatoms. The molecular formula is C31H35N3O4. The van der Waals surface area contributed by atoms with E-state index in [4.69, 9.17) is 14.6 Å². The summed E-state index contributed by atoms with van der Waals surface area (Å²) < 4.78 is 13.1. The molecular weight excluding hydrogens is 478 g/mol. The standard InChI is InChI=1S/C31H35N3O4/c1-18(2)37-30(35)26-21(6)32-22(7)27(31(36)38-19(3)4)28(26)25-17-34(24-11-9-8-10-12-24)33-29(25)23-15-13-20(5)14-16-23/h8-19,28,32H,1-7H3. The van der Waals surface area contributed by atoms with Gasteiger partial charge in [0, 0.05) is 28.7 Å². The van der Waals surface area contributed by atoms with E-state index in [0.29, 0.717) is 33.8 Å². The zero-order chi connectivity index (χ0) is 27.6. The molecule has 0 bridgehead atoms. The Kier molecular flexibility index (Phi) is 7.86. The first-order valence-electron chi connectivity index (χ1n) is 12.9. The van der Waals surface area contributed by atoms with E-state index in [-0.39, 0.29) is 12.2 Å². The van der Waals surface area contributed by atoms with E-state index >= 15 is 0 Å². The monoisotopic (exact) mass is 513 g/mol. The van der Waals surface area contributed by atoms with Crippen molar-refractivity contribution in [2.45, 2.75) is 66.6 Å². The van der Waals surface area contributed by atoms with Gasteiger partial charge in [0.05, 0.1) is 40.7 Å². The van der Waals surface area contributed by atoms with Crippen molar-refractivity contribution in [1.82, 2.24) is 15.1 Å². The fourth-order valence-corrected chi connectivity index (χ4v) is 4.65. The molecule has 1 aromatic heterocycles. The Morgan fingerprint density at radius 3 is 1.84 bits per heavy atom. The SMILES string of the molecule is CC1=C(C(=O)OC(C)C)C(c2cn(-c3ccccc3)nc2-c2ccc(C)cc2)C(C(=O)OC(C)C)=C(C)N1. The summed E-state index contributed by atoms with van der Waals surface area (Å²) in [6.45, 7) is 12.9. The lowest BCUT2D eigenvalue weighted by molar-refractivity contribution is -0.143. The van der Waals surface area contributed by atoms with Crippen LogP contribution in [0.25, 0.3) is 16.9 Å². The molecule has 1 N–H and O–H groups in total. The fraction of sp³-hybridized carbons (Fsp3) is 0.323. The van der Waals surface area contributed by atoms with Gasteiger partial charge in [-0.1, -0.05) is 48.0 Å². The Labute approximate surface area is 224 Å². The summed E-state index contributed by atoms with van der Waals surface area (Å²) in [5, 5.41) is 8.18. The minimum atomic E-state index is -0.748. The van der Waals surface area contributed by atoms with E-state index in [9.17, 15) is 9.59 Å². The number of ether oxygens (including phenoxy) is 2. The van der Waals surface area contributed by atoms with Crippen LogP contribution in [-0.4, -0.2) is 33.9 Å². The Bertz CT molecular complexity index is 1350. The molecule has 7 nitrogen and oxygen atoms in total. The number of aromatic nitrogens is 2. The zero-order valence-corrected chi connectivity index (χ0v) is 23.0. The van der Waals surface area contributed by atoms with Crippen LogP contribution in [-0.2, 0) is 19.1 Å². The van der Waals surface area contributed by atoms with Crippen LogP contribution in [0.2, 0.25) is 0 Å². The smallest absolute Gasteiger partial charge is 0.337 e. The number of nitrogens with zero attached hydrogens (tertiary/aromatic N) is 2. The maximum atomic E-state index is 13.5. The van der Waals surface area contributed by atoms with Crippen LogP contribution in [0.3, 0.4) is 0 Å². The third-order valence-electron chi connectivity index (χ3n) is 6.28. The lowest BCUT2D eigenvalue weighted by Crippen LogP contribution is -2.33. The number of rotatable bonds is 7. The zero-order valence-electron chi connectivity index (χ0n) is 23.0. The average Bonchev–Trinajstić information content (AvgIpc) is 3.28. The lowest BCUT2D eigenvalue weighted by Gasteiger charge is -2.31. The van der Waals surface area contributed by atoms with Gasteiger partial charge in [0.25, 0.3) is 0 Å². The van der Waals surface area contributed by atoms with Crippen molar-refractivity contribution in [3.63, 3.8) is 0 Å². The van der Waals surface area contributed by atoms with Crippen LogP contribution in [0.1, 0.15) is 58.6 Å². The molecule has 4 rings (SSSR count). The number of carbonyl (C=O) groups is 2. The first-order valence-corrected chi connectivity index (χ1v) is 12.9. The summed E-state index contributed by atoms with van der Waals surface area (Å²) in [6, 6.07) is 17.8. The molecule has 0 atom stereocenters. The second-order valence-electron chi connectivity index (χ2n) is 10.1. The van der Waals surface area contributed by atoms with Crippen LogP contribution in [0.15, 0.2) is 83.3 Å². The molecule has 3 aromatic rings. The van der Waals surface area contributed by atoms with Crippen LogP contribution in [0.5, 0.6) is 0 Å². The highest BCUT2D eigenvalue weighted by Gasteiger charge is 2.40. The molecule has 0 amide bonds. The second-order valence-corrected chi connectivity index (χ2v) is 10.1. The largest absolute Gasteiger partial charge is 0.460 e. The van der Waals surface area contributed by atoms with Crippen molar-refractivity contribution in [2.75, 3.05) is 0 Å². The van der Waals surface area contributed by atoms with Gasteiger partial charge in [0.2, 0.25) is 0 Å². The van der Waals surface area contributed by atoms with Crippen LogP contribution >= 0.6 is 0 Å². The summed E-state index contributed by atoms with van der Waals surface area (Å²) >= 11 is 0. The number of esters is 2. The molecule has 2 heterocycles. The number of nitrogens with one attached hydrogen (secondary N) is 1. The number of aryl methyl sites for hydroxylation is 1. The number of hydrogen-bond donors (Lipinski definition) is 1. The van der Waals surface area contributed by atoms with E-state index in [0.717, 1.165) is 16.8 Å². The van der Waals surface area contributed by atoms with E-state index in [2.05, 4.69) is 5.32 Å². The molecule has 0 spiro atoms. The molecule has 198 valence electrons. The van der Waals surface area contributed by atoms with Gasteiger partial charge in [-0.25, -0.2) is 14.3 Å². The Morgan fingerprint density at radius 1 is 0.816 bits per heavy atom. The predicted molar refractivity (Wildman–Crippen MR) is 147 cm³/mol. The predicted octanol–water partition coefficient (Wildman–Crippen LogP) is 5.99. The minimum absolute atomic E-state index is 0.329. The topological polar surface area (TPSA) is 82.5 Å². The number of allylic oxidation sites excluding steroid dienone is 2. The minimum Gasteiger partial charge on any atom is -0.460 e. The van der Waals surface area contributed by atoms with Gasteiger partial charge in [0.15, 0.2) is 0 Å². The van der Waals surface area contributed by atoms with Crippen molar-refractivity contribution in [2.24, 2.45) is 0 Å². The quantitative estimate of drug-likeness (QED) is 0.391. The number of dihydropyridines is 1. The highest BCUT2D eigenvalue weighted by molar-refractivity contribution is 6.00. The molecule has 2 aromatic carbocycles. The summed E-state index contributed by atoms with van der Waals surface area (Å²) in [5.74, 6) is -1.72. The Balaban J connectivity index is 2.00. The van der Waals surface area contributed by atoms with Crippen molar-refractivity contribution in [1.29, 1.82) is 0 Å². The van der Waals surface area contributed by atoms with Crippen LogP contribution < -0.4 is 5.32 Å². The third-order valence-corrected chi connectivity index (χ3v) is 6.28. The summed E-state index contributed by atoms with van der Waals surface area (Å²) in [7, 11) is 0. The molecule has 0 fully saturated rings. The van der Waals surface area contributed by atoms with Gasteiger partial charge in [-0.3, -0.25) is 0 Å². The van der Waals surface area contributed by atoms with E-state index in [1.807, 2.05) is 81.6 Å². The number of hydrogen-bond acceptors (Lipinski definition) is 6. The normalized spacial score (nSPS) is 14.2. The first-order chi connectivity index (χ1) is 18.1. The molecule has 0 radical (unpaired) electrons. The van der Waals surface area contributed by atoms with Gasteiger partial charge in [-0.05, 0) is 60.6 Å². The van der Waals surface area contributed by atoms with Gasteiger partial charge >= 0.3 is 11.9 Å². The fourth-order valence-electron chi connectivity index (χ4n) is 4.65. The molecule has 0 saturated carbocycles. The average molecular weight is 514 g/mol. The molecule has 1 aliphatic rings. The summed E-state index contributed by atoms with van der Waals surface area (Å²) in [4.78, 5) is 27.1. The van der Waals surface area contributed by atoms with Crippen molar-refractivity contribution in [3.05, 3.63) is 94.5 Å². The molecule has 0 unspecified atom stereocenters. The van der Waals surface area contributed by atoms with E-state index < -0.39 is 17.9 Å². The highest BCUT2D eigenvalue weighted by Crippen LogP contribution is 2.43. The molecule has 38 heavy (non-hydrogen) atoms. The summed E-state index contributed by atoms with van der Waals surface area (Å²) in [5.41, 5.74) is 6.22. The van der Waals surface area contributed by atoms with Gasteiger partial charge < -0.3 is 14.8 Å². The molecule has 1 aliphatic heterocycles. The van der Waals surface area contributed by atoms with Gasteiger partial charge in [-0.15, -0.1) is 0 Å². The van der Waals surface area contributed by atoms with Crippen molar-refractivity contribution >= 4 is 11.9 Å².